The van der Waals surface area contributed by atoms with E-state index in [-0.39, 0.29) is 0 Å². The lowest BCUT2D eigenvalue weighted by Crippen LogP contribution is -2.18. The summed E-state index contributed by atoms with van der Waals surface area (Å²) in [5.41, 5.74) is 2.78. The topological polar surface area (TPSA) is 54.2 Å². The van der Waals surface area contributed by atoms with E-state index in [0.29, 0.717) is 12.6 Å². The van der Waals surface area contributed by atoms with E-state index in [1.165, 1.54) is 12.8 Å². The molecule has 1 aliphatic heterocycles. The van der Waals surface area contributed by atoms with Gasteiger partial charge in [0.05, 0.1) is 0 Å². The fourth-order valence-electron chi connectivity index (χ4n) is 2.78. The number of aromatic nitrogens is 2. The molecule has 3 heterocycles. The smallest absolute Gasteiger partial charge is 0.295 e. The van der Waals surface area contributed by atoms with Crippen molar-refractivity contribution < 1.29 is 4.42 Å². The van der Waals surface area contributed by atoms with Gasteiger partial charge in [0.1, 0.15) is 11.3 Å². The average Bonchev–Trinajstić information content (AvgIpc) is 3.22. The van der Waals surface area contributed by atoms with Gasteiger partial charge in [-0.05, 0) is 36.6 Å². The maximum atomic E-state index is 5.64. The van der Waals surface area contributed by atoms with Gasteiger partial charge in [-0.15, -0.1) is 0 Å². The molecule has 5 heteroatoms. The lowest BCUT2D eigenvalue weighted by atomic mass is 10.3. The first-order valence-corrected chi connectivity index (χ1v) is 7.68. The fraction of sp³-hybridized carbons (Fsp3) is 0.294. The van der Waals surface area contributed by atoms with Crippen LogP contribution < -0.4 is 10.2 Å². The largest absolute Gasteiger partial charge is 0.424 e. The van der Waals surface area contributed by atoms with Crippen molar-refractivity contribution in [2.24, 2.45) is 0 Å². The lowest BCUT2D eigenvalue weighted by Gasteiger charge is -2.16. The fourth-order valence-corrected chi connectivity index (χ4v) is 2.78. The molecule has 1 fully saturated rings. The molecule has 112 valence electrons. The molecule has 0 bridgehead atoms. The highest BCUT2D eigenvalue weighted by Crippen LogP contribution is 2.20. The Labute approximate surface area is 129 Å². The van der Waals surface area contributed by atoms with Crippen molar-refractivity contribution in [2.75, 3.05) is 23.3 Å². The minimum absolute atomic E-state index is 0.546. The van der Waals surface area contributed by atoms with E-state index in [0.717, 1.165) is 35.6 Å². The zero-order chi connectivity index (χ0) is 14.8. The molecule has 0 saturated carbocycles. The van der Waals surface area contributed by atoms with Gasteiger partial charge in [0, 0.05) is 25.8 Å². The zero-order valence-corrected chi connectivity index (χ0v) is 12.3. The number of anilines is 2. The van der Waals surface area contributed by atoms with Crippen LogP contribution in [-0.2, 0) is 6.54 Å². The van der Waals surface area contributed by atoms with Crippen LogP contribution in [0.25, 0.3) is 11.1 Å². The van der Waals surface area contributed by atoms with Crippen LogP contribution in [0.15, 0.2) is 47.0 Å². The van der Waals surface area contributed by atoms with Crippen LogP contribution >= 0.6 is 0 Å². The molecule has 0 atom stereocenters. The average molecular weight is 294 g/mol. The van der Waals surface area contributed by atoms with Crippen molar-refractivity contribution in [3.05, 3.63) is 48.2 Å². The summed E-state index contributed by atoms with van der Waals surface area (Å²) in [4.78, 5) is 11.3. The Morgan fingerprint density at radius 2 is 1.95 bits per heavy atom. The molecule has 0 unspecified atom stereocenters. The quantitative estimate of drug-likeness (QED) is 0.799. The molecule has 22 heavy (non-hydrogen) atoms. The first-order chi connectivity index (χ1) is 10.9. The number of oxazole rings is 1. The van der Waals surface area contributed by atoms with Crippen LogP contribution in [0.3, 0.4) is 0 Å². The molecule has 1 aromatic carbocycles. The van der Waals surface area contributed by atoms with Gasteiger partial charge >= 0.3 is 0 Å². The van der Waals surface area contributed by atoms with E-state index in [9.17, 15) is 0 Å². The van der Waals surface area contributed by atoms with E-state index in [2.05, 4.69) is 32.3 Å². The van der Waals surface area contributed by atoms with Crippen LogP contribution in [0.4, 0.5) is 11.8 Å². The van der Waals surface area contributed by atoms with E-state index < -0.39 is 0 Å². The second-order valence-electron chi connectivity index (χ2n) is 5.56. The maximum Gasteiger partial charge on any atom is 0.295 e. The third-order valence-electron chi connectivity index (χ3n) is 3.98. The molecule has 1 N–H and O–H groups in total. The van der Waals surface area contributed by atoms with Crippen molar-refractivity contribution in [2.45, 2.75) is 19.4 Å². The summed E-state index contributed by atoms with van der Waals surface area (Å²) in [7, 11) is 0. The summed E-state index contributed by atoms with van der Waals surface area (Å²) in [6.07, 6.45) is 4.45. The minimum atomic E-state index is 0.546. The lowest BCUT2D eigenvalue weighted by molar-refractivity contribution is 0.614. The molecule has 1 saturated heterocycles. The SMILES string of the molecule is c1ccc2oc(NCc3ccc(N4CCCC4)nc3)nc2c1. The molecule has 2 aromatic heterocycles. The van der Waals surface area contributed by atoms with Gasteiger partial charge in [0.25, 0.3) is 6.01 Å². The van der Waals surface area contributed by atoms with E-state index in [1.807, 2.05) is 30.5 Å². The van der Waals surface area contributed by atoms with Gasteiger partial charge in [0.2, 0.25) is 0 Å². The Balaban J connectivity index is 1.42. The molecule has 0 aliphatic carbocycles. The third-order valence-corrected chi connectivity index (χ3v) is 3.98. The first kappa shape index (κ1) is 13.1. The van der Waals surface area contributed by atoms with E-state index >= 15 is 0 Å². The standard InChI is InChI=1S/C17H18N4O/c1-2-6-15-14(5-1)20-17(22-15)19-12-13-7-8-16(18-11-13)21-9-3-4-10-21/h1-2,5-8,11H,3-4,9-10,12H2,(H,19,20). The highest BCUT2D eigenvalue weighted by Gasteiger charge is 2.13. The highest BCUT2D eigenvalue weighted by atomic mass is 16.4. The molecule has 1 aliphatic rings. The summed E-state index contributed by atoms with van der Waals surface area (Å²) < 4.78 is 5.64. The van der Waals surface area contributed by atoms with Gasteiger partial charge < -0.3 is 14.6 Å². The molecule has 0 amide bonds. The van der Waals surface area contributed by atoms with Gasteiger partial charge in [-0.25, -0.2) is 4.98 Å². The third kappa shape index (κ3) is 2.62. The predicted molar refractivity (Wildman–Crippen MR) is 87.0 cm³/mol. The number of rotatable bonds is 4. The molecule has 4 rings (SSSR count). The monoisotopic (exact) mass is 294 g/mol. The molecular weight excluding hydrogens is 276 g/mol. The molecular formula is C17H18N4O. The van der Waals surface area contributed by atoms with Crippen LogP contribution in [0.2, 0.25) is 0 Å². The van der Waals surface area contributed by atoms with Gasteiger partial charge in [-0.3, -0.25) is 0 Å². The maximum absolute atomic E-state index is 5.64. The molecule has 0 radical (unpaired) electrons. The number of para-hydroxylation sites is 2. The highest BCUT2D eigenvalue weighted by molar-refractivity contribution is 5.74. The van der Waals surface area contributed by atoms with Gasteiger partial charge in [-0.1, -0.05) is 18.2 Å². The number of hydrogen-bond acceptors (Lipinski definition) is 5. The zero-order valence-electron chi connectivity index (χ0n) is 12.3. The number of nitrogens with one attached hydrogen (secondary N) is 1. The van der Waals surface area contributed by atoms with Crippen LogP contribution in [-0.4, -0.2) is 23.1 Å². The van der Waals surface area contributed by atoms with E-state index in [1.54, 1.807) is 0 Å². The number of fused-ring (bicyclic) bond motifs is 1. The number of nitrogens with zero attached hydrogens (tertiary/aromatic N) is 3. The van der Waals surface area contributed by atoms with Crippen LogP contribution in [0.5, 0.6) is 0 Å². The van der Waals surface area contributed by atoms with Crippen LogP contribution in [0, 0.1) is 0 Å². The predicted octanol–water partition coefficient (Wildman–Crippen LogP) is 3.44. The summed E-state index contributed by atoms with van der Waals surface area (Å²) in [5, 5.41) is 3.21. The minimum Gasteiger partial charge on any atom is -0.424 e. The second kappa shape index (κ2) is 5.67. The Kier molecular flexibility index (Phi) is 3.39. The summed E-state index contributed by atoms with van der Waals surface area (Å²) in [6, 6.07) is 12.5. The van der Waals surface area contributed by atoms with Gasteiger partial charge in [-0.2, -0.15) is 4.98 Å². The van der Waals surface area contributed by atoms with Crippen molar-refractivity contribution in [1.29, 1.82) is 0 Å². The van der Waals surface area contributed by atoms with Crippen molar-refractivity contribution in [3.63, 3.8) is 0 Å². The number of hydrogen-bond donors (Lipinski definition) is 1. The first-order valence-electron chi connectivity index (χ1n) is 7.68. The van der Waals surface area contributed by atoms with Crippen LogP contribution in [0.1, 0.15) is 18.4 Å². The molecule has 0 spiro atoms. The van der Waals surface area contributed by atoms with Crippen molar-refractivity contribution in [3.8, 4) is 0 Å². The number of pyridine rings is 1. The normalized spacial score (nSPS) is 14.6. The summed E-state index contributed by atoms with van der Waals surface area (Å²) >= 11 is 0. The second-order valence-corrected chi connectivity index (χ2v) is 5.56. The Morgan fingerprint density at radius 1 is 1.09 bits per heavy atom. The molecule has 5 nitrogen and oxygen atoms in total. The number of benzene rings is 1. The Morgan fingerprint density at radius 3 is 2.73 bits per heavy atom. The van der Waals surface area contributed by atoms with E-state index in [4.69, 9.17) is 4.42 Å². The molecule has 3 aromatic rings. The Bertz CT molecular complexity index is 727. The van der Waals surface area contributed by atoms with Crippen molar-refractivity contribution in [1.82, 2.24) is 9.97 Å². The summed E-state index contributed by atoms with van der Waals surface area (Å²) in [5.74, 6) is 1.07. The summed E-state index contributed by atoms with van der Waals surface area (Å²) in [6.45, 7) is 2.89. The van der Waals surface area contributed by atoms with Gasteiger partial charge in [0.15, 0.2) is 5.58 Å². The Hall–Kier alpha value is -2.56. The van der Waals surface area contributed by atoms with Crippen molar-refractivity contribution >= 4 is 22.9 Å².